The third-order valence-corrected chi connectivity index (χ3v) is 2.37. The van der Waals surface area contributed by atoms with E-state index in [-0.39, 0.29) is 0 Å². The number of rotatable bonds is 3. The number of aromatic nitrogens is 1. The summed E-state index contributed by atoms with van der Waals surface area (Å²) in [6.45, 7) is 0. The molecule has 0 atom stereocenters. The molecule has 0 aliphatic heterocycles. The molecule has 19 heavy (non-hydrogen) atoms. The lowest BCUT2D eigenvalue weighted by Crippen LogP contribution is -2.18. The maximum atomic E-state index is 12.7. The van der Waals surface area contributed by atoms with Crippen molar-refractivity contribution in [1.82, 2.24) is 4.98 Å². The van der Waals surface area contributed by atoms with E-state index in [4.69, 9.17) is 11.6 Å². The highest BCUT2D eigenvalue weighted by atomic mass is 35.5. The van der Waals surface area contributed by atoms with Crippen molar-refractivity contribution < 1.29 is 31.5 Å². The van der Waals surface area contributed by atoms with Gasteiger partial charge in [-0.05, 0) is 6.07 Å². The smallest absolute Gasteiger partial charge is 0.433 e. The minimum absolute atomic E-state index is 0.597. The molecule has 0 bridgehead atoms. The molecule has 0 unspecified atom stereocenters. The molecule has 0 amide bonds. The Bertz CT molecular complexity index is 490. The van der Waals surface area contributed by atoms with E-state index in [2.05, 4.69) is 9.72 Å². The van der Waals surface area contributed by atoms with E-state index in [1.54, 1.807) is 0 Å². The van der Waals surface area contributed by atoms with Crippen LogP contribution in [0.25, 0.3) is 0 Å². The van der Waals surface area contributed by atoms with Gasteiger partial charge in [0.15, 0.2) is 0 Å². The van der Waals surface area contributed by atoms with Gasteiger partial charge in [0.05, 0.1) is 13.5 Å². The summed E-state index contributed by atoms with van der Waals surface area (Å²) in [6.07, 6.45) is -9.19. The lowest BCUT2D eigenvalue weighted by atomic mass is 10.0. The van der Waals surface area contributed by atoms with Gasteiger partial charge in [0.1, 0.15) is 10.8 Å². The SMILES string of the molecule is COC(=O)Cc1c(C(F)F)cc(Cl)nc1C(F)(F)F. The van der Waals surface area contributed by atoms with Crippen molar-refractivity contribution in [2.45, 2.75) is 19.0 Å². The fraction of sp³-hybridized carbons (Fsp3) is 0.400. The Morgan fingerprint density at radius 3 is 2.47 bits per heavy atom. The van der Waals surface area contributed by atoms with Crippen LogP contribution in [-0.4, -0.2) is 18.1 Å². The fourth-order valence-corrected chi connectivity index (χ4v) is 1.59. The third-order valence-electron chi connectivity index (χ3n) is 2.18. The summed E-state index contributed by atoms with van der Waals surface area (Å²) in [6, 6.07) is 0.597. The summed E-state index contributed by atoms with van der Waals surface area (Å²) >= 11 is 5.28. The molecule has 1 rings (SSSR count). The summed E-state index contributed by atoms with van der Waals surface area (Å²) in [5.74, 6) is -1.09. The number of nitrogens with zero attached hydrogens (tertiary/aromatic N) is 1. The molecular weight excluding hydrogens is 297 g/mol. The predicted octanol–water partition coefficient (Wildman–Crippen LogP) is 3.41. The van der Waals surface area contributed by atoms with Crippen LogP contribution in [0.4, 0.5) is 22.0 Å². The van der Waals surface area contributed by atoms with Gasteiger partial charge in [0.2, 0.25) is 0 Å². The highest BCUT2D eigenvalue weighted by Crippen LogP contribution is 2.36. The Morgan fingerprint density at radius 2 is 2.05 bits per heavy atom. The Morgan fingerprint density at radius 1 is 1.47 bits per heavy atom. The molecule has 0 saturated carbocycles. The van der Waals surface area contributed by atoms with Gasteiger partial charge in [0, 0.05) is 11.1 Å². The number of ether oxygens (including phenoxy) is 1. The lowest BCUT2D eigenvalue weighted by molar-refractivity contribution is -0.143. The normalized spacial score (nSPS) is 11.8. The monoisotopic (exact) mass is 303 g/mol. The van der Waals surface area contributed by atoms with Crippen LogP contribution in [0.3, 0.4) is 0 Å². The third kappa shape index (κ3) is 3.76. The van der Waals surface area contributed by atoms with Crippen LogP contribution in [0.15, 0.2) is 6.07 Å². The number of halogens is 6. The van der Waals surface area contributed by atoms with Crippen LogP contribution in [0.2, 0.25) is 5.15 Å². The Hall–Kier alpha value is -1.44. The van der Waals surface area contributed by atoms with Crippen LogP contribution in [-0.2, 0) is 22.1 Å². The molecule has 0 aromatic carbocycles. The van der Waals surface area contributed by atoms with Crippen LogP contribution in [0, 0.1) is 0 Å². The van der Waals surface area contributed by atoms with Crippen molar-refractivity contribution >= 4 is 17.6 Å². The number of alkyl halides is 5. The van der Waals surface area contributed by atoms with Gasteiger partial charge in [-0.15, -0.1) is 0 Å². The first-order chi connectivity index (χ1) is 8.66. The first-order valence-corrected chi connectivity index (χ1v) is 5.16. The Balaban J connectivity index is 3.47. The minimum Gasteiger partial charge on any atom is -0.469 e. The molecule has 0 fully saturated rings. The van der Waals surface area contributed by atoms with Gasteiger partial charge in [-0.25, -0.2) is 13.8 Å². The molecule has 106 valence electrons. The van der Waals surface area contributed by atoms with Crippen LogP contribution < -0.4 is 0 Å². The first kappa shape index (κ1) is 15.6. The van der Waals surface area contributed by atoms with E-state index in [1.807, 2.05) is 0 Å². The number of hydrogen-bond acceptors (Lipinski definition) is 3. The maximum Gasteiger partial charge on any atom is 0.433 e. The van der Waals surface area contributed by atoms with Gasteiger partial charge in [-0.3, -0.25) is 4.79 Å². The van der Waals surface area contributed by atoms with Gasteiger partial charge < -0.3 is 4.74 Å². The number of carbonyl (C=O) groups excluding carboxylic acids is 1. The quantitative estimate of drug-likeness (QED) is 0.488. The van der Waals surface area contributed by atoms with Gasteiger partial charge in [-0.1, -0.05) is 11.6 Å². The van der Waals surface area contributed by atoms with Crippen molar-refractivity contribution in [3.63, 3.8) is 0 Å². The average Bonchev–Trinajstić information content (AvgIpc) is 2.28. The minimum atomic E-state index is -5.00. The van der Waals surface area contributed by atoms with Crippen LogP contribution in [0.1, 0.15) is 23.2 Å². The number of hydrogen-bond donors (Lipinski definition) is 0. The van der Waals surface area contributed by atoms with Gasteiger partial charge in [-0.2, -0.15) is 13.2 Å². The summed E-state index contributed by atoms with van der Waals surface area (Å²) in [4.78, 5) is 14.0. The van der Waals surface area contributed by atoms with E-state index in [1.165, 1.54) is 0 Å². The highest BCUT2D eigenvalue weighted by Gasteiger charge is 2.38. The fourth-order valence-electron chi connectivity index (χ4n) is 1.39. The zero-order valence-electron chi connectivity index (χ0n) is 9.39. The van der Waals surface area contributed by atoms with E-state index >= 15 is 0 Å². The molecule has 0 radical (unpaired) electrons. The molecule has 0 N–H and O–H groups in total. The average molecular weight is 304 g/mol. The zero-order chi connectivity index (χ0) is 14.8. The molecule has 9 heteroatoms. The largest absolute Gasteiger partial charge is 0.469 e. The molecule has 3 nitrogen and oxygen atoms in total. The summed E-state index contributed by atoms with van der Waals surface area (Å²) in [7, 11) is 0.932. The zero-order valence-corrected chi connectivity index (χ0v) is 10.1. The van der Waals surface area contributed by atoms with E-state index in [0.717, 1.165) is 7.11 Å². The number of methoxy groups -OCH3 is 1. The van der Waals surface area contributed by atoms with Crippen molar-refractivity contribution in [1.29, 1.82) is 0 Å². The Labute approximate surface area is 109 Å². The molecule has 1 aromatic heterocycles. The number of esters is 1. The number of carbonyl (C=O) groups is 1. The Kier molecular flexibility index (Phi) is 4.67. The lowest BCUT2D eigenvalue weighted by Gasteiger charge is -2.15. The molecule has 0 saturated heterocycles. The van der Waals surface area contributed by atoms with Crippen LogP contribution >= 0.6 is 11.6 Å². The highest BCUT2D eigenvalue weighted by molar-refractivity contribution is 6.29. The topological polar surface area (TPSA) is 39.2 Å². The second-order valence-corrected chi connectivity index (χ2v) is 3.80. The molecule has 0 spiro atoms. The molecule has 0 aliphatic rings. The second kappa shape index (κ2) is 5.68. The molecule has 0 aliphatic carbocycles. The summed E-state index contributed by atoms with van der Waals surface area (Å²) in [5.41, 5.74) is -3.53. The summed E-state index contributed by atoms with van der Waals surface area (Å²) in [5, 5.41) is -0.726. The first-order valence-electron chi connectivity index (χ1n) is 4.78. The molecule has 1 aromatic rings. The second-order valence-electron chi connectivity index (χ2n) is 3.41. The summed E-state index contributed by atoms with van der Waals surface area (Å²) < 4.78 is 67.7. The van der Waals surface area contributed by atoms with Gasteiger partial charge >= 0.3 is 12.1 Å². The van der Waals surface area contributed by atoms with Crippen LogP contribution in [0.5, 0.6) is 0 Å². The van der Waals surface area contributed by atoms with E-state index < -0.39 is 47.0 Å². The van der Waals surface area contributed by atoms with E-state index in [0.29, 0.717) is 6.07 Å². The molecule has 1 heterocycles. The van der Waals surface area contributed by atoms with Crippen molar-refractivity contribution in [2.24, 2.45) is 0 Å². The van der Waals surface area contributed by atoms with Crippen molar-refractivity contribution in [3.8, 4) is 0 Å². The molecular formula is C10H7ClF5NO2. The maximum absolute atomic E-state index is 12.7. The van der Waals surface area contributed by atoms with E-state index in [9.17, 15) is 26.7 Å². The van der Waals surface area contributed by atoms with Gasteiger partial charge in [0.25, 0.3) is 6.43 Å². The van der Waals surface area contributed by atoms with Crippen molar-refractivity contribution in [3.05, 3.63) is 28.0 Å². The predicted molar refractivity (Wildman–Crippen MR) is 54.9 cm³/mol. The van der Waals surface area contributed by atoms with Crippen molar-refractivity contribution in [2.75, 3.05) is 7.11 Å². The standard InChI is InChI=1S/C10H7ClF5NO2/c1-19-7(18)3-4-5(9(12)13)2-6(11)17-8(4)10(14,15)16/h2,9H,3H2,1H3. The number of pyridine rings is 1.